The molecule has 0 aromatic heterocycles. The molecule has 0 N–H and O–H groups in total. The van der Waals surface area contributed by atoms with Crippen molar-refractivity contribution in [1.82, 2.24) is 0 Å². The summed E-state index contributed by atoms with van der Waals surface area (Å²) in [4.78, 5) is 0. The molecule has 0 amide bonds. The average Bonchev–Trinajstić information content (AvgIpc) is 2.92. The Balaban J connectivity index is 0.00000342. The van der Waals surface area contributed by atoms with Crippen molar-refractivity contribution in [1.29, 1.82) is 0 Å². The number of benzene rings is 4. The van der Waals surface area contributed by atoms with Gasteiger partial charge in [-0.25, -0.2) is 0 Å². The summed E-state index contributed by atoms with van der Waals surface area (Å²) in [7, 11) is -2.43. The third-order valence-corrected chi connectivity index (χ3v) is 11.5. The van der Waals surface area contributed by atoms with Gasteiger partial charge >= 0.3 is 205 Å². The second-order valence-corrected chi connectivity index (χ2v) is 12.4. The van der Waals surface area contributed by atoms with Crippen LogP contribution in [0.3, 0.4) is 0 Å². The van der Waals surface area contributed by atoms with E-state index in [0.717, 1.165) is 28.4 Å². The fourth-order valence-electron chi connectivity index (χ4n) is 4.60. The van der Waals surface area contributed by atoms with Crippen molar-refractivity contribution in [2.24, 2.45) is 0 Å². The molecule has 0 saturated carbocycles. The smallest absolute Gasteiger partial charge is 0.147 e. The van der Waals surface area contributed by atoms with Crippen molar-refractivity contribution in [3.63, 3.8) is 0 Å². The van der Waals surface area contributed by atoms with Crippen LogP contribution >= 0.6 is 19.7 Å². The van der Waals surface area contributed by atoms with Crippen LogP contribution in [0.5, 0.6) is 0 Å². The third-order valence-electron chi connectivity index (χ3n) is 6.60. The summed E-state index contributed by atoms with van der Waals surface area (Å²) in [5, 5.41) is 4.14. The Hall–Kier alpha value is -3.44. The minimum atomic E-state index is -2.43. The van der Waals surface area contributed by atoms with Gasteiger partial charge in [-0.2, -0.15) is 0 Å². The molecule has 0 spiro atoms. The fraction of sp³-hybridized carbons (Fsp3) is 0.0303. The van der Waals surface area contributed by atoms with E-state index >= 15 is 0 Å². The Morgan fingerprint density at radius 2 is 0.686 bits per heavy atom. The summed E-state index contributed by atoms with van der Waals surface area (Å²) in [5.41, 5.74) is 5.85. The Morgan fingerprint density at radius 1 is 0.429 bits per heavy atom. The zero-order valence-electron chi connectivity index (χ0n) is 20.0. The van der Waals surface area contributed by atoms with Crippen LogP contribution in [-0.4, -0.2) is 0 Å². The minimum Gasteiger partial charge on any atom is -0.147 e. The van der Waals surface area contributed by atoms with E-state index in [1.54, 1.807) is 0 Å². The zero-order chi connectivity index (χ0) is 24.0. The first kappa shape index (κ1) is 26.2. The molecule has 0 saturated heterocycles. The van der Waals surface area contributed by atoms with Crippen LogP contribution in [0.4, 0.5) is 0 Å². The molecular weight excluding hydrogens is 463 g/mol. The monoisotopic (exact) mass is 494 g/mol. The van der Waals surface area contributed by atoms with Gasteiger partial charge in [0.2, 0.25) is 0 Å². The zero-order valence-corrected chi connectivity index (χ0v) is 21.8. The van der Waals surface area contributed by atoms with Crippen molar-refractivity contribution in [3.05, 3.63) is 151 Å². The first-order chi connectivity index (χ1) is 16.6. The number of hydrogen-bond donors (Lipinski definition) is 0. The molecule has 0 unspecified atom stereocenters. The average molecular weight is 495 g/mol. The molecule has 0 aliphatic heterocycles. The van der Waals surface area contributed by atoms with Gasteiger partial charge in [-0.3, -0.25) is 0 Å². The molecule has 2 heteroatoms. The topological polar surface area (TPSA) is 0 Å². The normalized spacial score (nSPS) is 11.1. The van der Waals surface area contributed by atoms with Gasteiger partial charge in [0.15, 0.2) is 0 Å². The molecule has 0 fully saturated rings. The van der Waals surface area contributed by atoms with E-state index in [4.69, 9.17) is 0 Å². The maximum atomic E-state index is 3.95. The number of halogens is 1. The maximum Gasteiger partial charge on any atom is -0.147 e. The van der Waals surface area contributed by atoms with Gasteiger partial charge in [0, 0.05) is 0 Å². The molecule has 0 bridgehead atoms. The van der Waals surface area contributed by atoms with Crippen molar-refractivity contribution in [2.75, 3.05) is 0 Å². The quantitative estimate of drug-likeness (QED) is 0.207. The van der Waals surface area contributed by atoms with E-state index in [-0.39, 0.29) is 12.4 Å². The Labute approximate surface area is 216 Å². The standard InChI is InChI=1S/C33H31P.ClH/c1-5-26-9-11-30(12-10-26)25-34(31-19-13-27(6-2)14-20-31,32-21-15-28(7-3)16-22-32)33-23-17-29(8-4)18-24-33;/h5-24,34H,1-4,25H2;1H. The van der Waals surface area contributed by atoms with Crippen LogP contribution < -0.4 is 15.9 Å². The first-order valence-corrected chi connectivity index (χ1v) is 13.7. The SMILES string of the molecule is C=Cc1ccc(C[PH](c2ccc(C=C)cc2)(c2ccc(C=C)cc2)c2ccc(C=C)cc2)cc1.Cl. The van der Waals surface area contributed by atoms with Gasteiger partial charge in [-0.1, -0.05) is 0 Å². The van der Waals surface area contributed by atoms with Crippen LogP contribution in [-0.2, 0) is 6.16 Å². The summed E-state index contributed by atoms with van der Waals surface area (Å²) >= 11 is 0. The summed E-state index contributed by atoms with van der Waals surface area (Å²) in [5.74, 6) is 0. The summed E-state index contributed by atoms with van der Waals surface area (Å²) in [6, 6.07) is 35.7. The van der Waals surface area contributed by atoms with E-state index in [9.17, 15) is 0 Å². The number of rotatable bonds is 9. The Morgan fingerprint density at radius 3 is 0.943 bits per heavy atom. The minimum absolute atomic E-state index is 0. The van der Waals surface area contributed by atoms with Crippen LogP contribution in [0.25, 0.3) is 24.3 Å². The first-order valence-electron chi connectivity index (χ1n) is 11.5. The second kappa shape index (κ2) is 11.8. The summed E-state index contributed by atoms with van der Waals surface area (Å²) in [6.45, 7) is 15.7. The fourth-order valence-corrected chi connectivity index (χ4v) is 9.26. The summed E-state index contributed by atoms with van der Waals surface area (Å²) in [6.07, 6.45) is 8.56. The van der Waals surface area contributed by atoms with Crippen molar-refractivity contribution < 1.29 is 0 Å². The van der Waals surface area contributed by atoms with Gasteiger partial charge < -0.3 is 0 Å². The predicted molar refractivity (Wildman–Crippen MR) is 164 cm³/mol. The van der Waals surface area contributed by atoms with E-state index < -0.39 is 7.26 Å². The third kappa shape index (κ3) is 5.46. The molecule has 4 aromatic rings. The molecule has 0 atom stereocenters. The predicted octanol–water partition coefficient (Wildman–Crippen LogP) is 7.91. The van der Waals surface area contributed by atoms with E-state index in [1.165, 1.54) is 21.5 Å². The molecular formula is C33H32ClP. The van der Waals surface area contributed by atoms with E-state index in [1.807, 2.05) is 24.3 Å². The van der Waals surface area contributed by atoms with Crippen LogP contribution in [0.1, 0.15) is 27.8 Å². The second-order valence-electron chi connectivity index (χ2n) is 8.51. The van der Waals surface area contributed by atoms with Gasteiger partial charge in [0.1, 0.15) is 0 Å². The summed E-state index contributed by atoms with van der Waals surface area (Å²) < 4.78 is 0. The Bertz CT molecular complexity index is 1170. The van der Waals surface area contributed by atoms with Gasteiger partial charge in [0.05, 0.1) is 0 Å². The van der Waals surface area contributed by atoms with E-state index in [0.29, 0.717) is 0 Å². The molecule has 4 rings (SSSR count). The van der Waals surface area contributed by atoms with Crippen LogP contribution in [0.2, 0.25) is 0 Å². The molecule has 0 aliphatic carbocycles. The van der Waals surface area contributed by atoms with Crippen molar-refractivity contribution >= 4 is 59.9 Å². The van der Waals surface area contributed by atoms with E-state index in [2.05, 4.69) is 123 Å². The van der Waals surface area contributed by atoms with Gasteiger partial charge in [0.25, 0.3) is 0 Å². The number of hydrogen-bond acceptors (Lipinski definition) is 0. The molecule has 0 radical (unpaired) electrons. The van der Waals surface area contributed by atoms with Crippen LogP contribution in [0, 0.1) is 0 Å². The van der Waals surface area contributed by atoms with Gasteiger partial charge in [-0.15, -0.1) is 12.4 Å². The largest absolute Gasteiger partial charge is 0.147 e. The molecule has 176 valence electrons. The van der Waals surface area contributed by atoms with Gasteiger partial charge in [-0.05, 0) is 0 Å². The molecule has 35 heavy (non-hydrogen) atoms. The van der Waals surface area contributed by atoms with Crippen molar-refractivity contribution in [2.45, 2.75) is 6.16 Å². The molecule has 0 aliphatic rings. The maximum absolute atomic E-state index is 3.95. The van der Waals surface area contributed by atoms with Crippen LogP contribution in [0.15, 0.2) is 123 Å². The molecule has 4 aromatic carbocycles. The molecule has 0 heterocycles. The van der Waals surface area contributed by atoms with Crippen molar-refractivity contribution in [3.8, 4) is 0 Å². The molecule has 0 nitrogen and oxygen atoms in total. The Kier molecular flexibility index (Phi) is 8.83.